The Hall–Kier alpha value is -0.580. The normalized spacial score (nSPS) is 17.1. The van der Waals surface area contributed by atoms with E-state index in [4.69, 9.17) is 5.11 Å². The maximum absolute atomic E-state index is 10.9. The lowest BCUT2D eigenvalue weighted by atomic mass is 9.94. The Balaban J connectivity index is 0.00000112. The molecule has 0 aromatic carbocycles. The average molecular weight is 248 g/mol. The lowest BCUT2D eigenvalue weighted by Gasteiger charge is -2.22. The maximum Gasteiger partial charge on any atom is 0.336 e. The van der Waals surface area contributed by atoms with E-state index in [0.29, 0.717) is 11.5 Å². The summed E-state index contributed by atoms with van der Waals surface area (Å²) in [6.07, 6.45) is 2.11. The van der Waals surface area contributed by atoms with Crippen LogP contribution in [0.15, 0.2) is 11.4 Å². The fourth-order valence-corrected chi connectivity index (χ4v) is 2.96. The maximum atomic E-state index is 10.9. The first-order valence-electron chi connectivity index (χ1n) is 4.80. The molecular formula is C10H14ClNO2S. The van der Waals surface area contributed by atoms with Crippen molar-refractivity contribution in [1.29, 1.82) is 0 Å². The SMILES string of the molecule is Cl.O=C(O)c1ccsc1C1CCNCC1. The van der Waals surface area contributed by atoms with Crippen molar-refractivity contribution in [3.8, 4) is 0 Å². The van der Waals surface area contributed by atoms with Crippen LogP contribution >= 0.6 is 23.7 Å². The molecule has 2 N–H and O–H groups in total. The fraction of sp³-hybridized carbons (Fsp3) is 0.500. The number of thiophene rings is 1. The minimum Gasteiger partial charge on any atom is -0.478 e. The number of hydrogen-bond acceptors (Lipinski definition) is 3. The van der Waals surface area contributed by atoms with Gasteiger partial charge in [-0.2, -0.15) is 0 Å². The lowest BCUT2D eigenvalue weighted by molar-refractivity contribution is 0.0695. The highest BCUT2D eigenvalue weighted by Crippen LogP contribution is 2.32. The van der Waals surface area contributed by atoms with E-state index in [1.165, 1.54) is 0 Å². The summed E-state index contributed by atoms with van der Waals surface area (Å²) in [7, 11) is 0. The topological polar surface area (TPSA) is 49.3 Å². The van der Waals surface area contributed by atoms with Crippen LogP contribution in [0, 0.1) is 0 Å². The lowest BCUT2D eigenvalue weighted by Crippen LogP contribution is -2.26. The summed E-state index contributed by atoms with van der Waals surface area (Å²) in [4.78, 5) is 12.0. The molecule has 3 nitrogen and oxygen atoms in total. The summed E-state index contributed by atoms with van der Waals surface area (Å²) < 4.78 is 0. The Morgan fingerprint density at radius 2 is 2.13 bits per heavy atom. The van der Waals surface area contributed by atoms with Gasteiger partial charge < -0.3 is 10.4 Å². The van der Waals surface area contributed by atoms with E-state index in [9.17, 15) is 4.79 Å². The molecule has 0 spiro atoms. The molecule has 0 unspecified atom stereocenters. The third kappa shape index (κ3) is 2.71. The molecule has 1 aliphatic heterocycles. The highest BCUT2D eigenvalue weighted by atomic mass is 35.5. The molecule has 15 heavy (non-hydrogen) atoms. The molecule has 1 saturated heterocycles. The van der Waals surface area contributed by atoms with Gasteiger partial charge in [-0.3, -0.25) is 0 Å². The van der Waals surface area contributed by atoms with Crippen LogP contribution in [0.3, 0.4) is 0 Å². The fourth-order valence-electron chi connectivity index (χ4n) is 1.90. The molecule has 5 heteroatoms. The molecule has 84 valence electrons. The van der Waals surface area contributed by atoms with E-state index >= 15 is 0 Å². The van der Waals surface area contributed by atoms with E-state index in [1.807, 2.05) is 5.38 Å². The number of aromatic carboxylic acids is 1. The van der Waals surface area contributed by atoms with Gasteiger partial charge in [-0.1, -0.05) is 0 Å². The average Bonchev–Trinajstić information content (AvgIpc) is 2.67. The number of carboxylic acids is 1. The molecule has 1 aliphatic rings. The standard InChI is InChI=1S/C10H13NO2S.ClH/c12-10(13)8-3-6-14-9(8)7-1-4-11-5-2-7;/h3,6-7,11H,1-2,4-5H2,(H,12,13);1H. The second-order valence-corrected chi connectivity index (χ2v) is 4.48. The van der Waals surface area contributed by atoms with Gasteiger partial charge in [-0.05, 0) is 43.3 Å². The van der Waals surface area contributed by atoms with Gasteiger partial charge in [0.15, 0.2) is 0 Å². The van der Waals surface area contributed by atoms with Crippen LogP contribution in [0.1, 0.15) is 34.0 Å². The molecule has 0 saturated carbocycles. The zero-order valence-electron chi connectivity index (χ0n) is 8.23. The van der Waals surface area contributed by atoms with E-state index in [2.05, 4.69) is 5.32 Å². The van der Waals surface area contributed by atoms with Crippen LogP contribution in [-0.4, -0.2) is 24.2 Å². The second-order valence-electron chi connectivity index (χ2n) is 3.53. The summed E-state index contributed by atoms with van der Waals surface area (Å²) in [6, 6.07) is 1.71. The van der Waals surface area contributed by atoms with Crippen molar-refractivity contribution in [3.63, 3.8) is 0 Å². The minimum atomic E-state index is -0.792. The molecule has 0 amide bonds. The predicted molar refractivity (Wildman–Crippen MR) is 63.4 cm³/mol. The van der Waals surface area contributed by atoms with Gasteiger partial charge in [-0.25, -0.2) is 4.79 Å². The van der Waals surface area contributed by atoms with Crippen molar-refractivity contribution in [1.82, 2.24) is 5.32 Å². The monoisotopic (exact) mass is 247 g/mol. The number of carbonyl (C=O) groups is 1. The number of halogens is 1. The molecule has 0 atom stereocenters. The molecule has 0 aliphatic carbocycles. The van der Waals surface area contributed by atoms with Crippen molar-refractivity contribution in [2.24, 2.45) is 0 Å². The summed E-state index contributed by atoms with van der Waals surface area (Å²) in [5.74, 6) is -0.345. The number of hydrogen-bond donors (Lipinski definition) is 2. The Morgan fingerprint density at radius 1 is 1.47 bits per heavy atom. The van der Waals surface area contributed by atoms with E-state index in [1.54, 1.807) is 17.4 Å². The first kappa shape index (κ1) is 12.5. The largest absolute Gasteiger partial charge is 0.478 e. The quantitative estimate of drug-likeness (QED) is 0.844. The zero-order valence-corrected chi connectivity index (χ0v) is 9.87. The highest BCUT2D eigenvalue weighted by Gasteiger charge is 2.21. The van der Waals surface area contributed by atoms with Crippen LogP contribution in [0.5, 0.6) is 0 Å². The van der Waals surface area contributed by atoms with Gasteiger partial charge in [0.25, 0.3) is 0 Å². The van der Waals surface area contributed by atoms with E-state index in [-0.39, 0.29) is 12.4 Å². The Labute approximate surface area is 98.9 Å². The van der Waals surface area contributed by atoms with Crippen LogP contribution in [0.2, 0.25) is 0 Å². The molecule has 1 aromatic rings. The molecule has 1 aromatic heterocycles. The number of rotatable bonds is 2. The third-order valence-corrected chi connectivity index (χ3v) is 3.71. The Bertz CT molecular complexity index is 334. The Morgan fingerprint density at radius 3 is 2.73 bits per heavy atom. The molecule has 2 heterocycles. The number of carboxylic acid groups (broad SMARTS) is 1. The van der Waals surface area contributed by atoms with Crippen molar-refractivity contribution in [2.75, 3.05) is 13.1 Å². The summed E-state index contributed by atoms with van der Waals surface area (Å²) in [6.45, 7) is 2.00. The molecule has 1 fully saturated rings. The van der Waals surface area contributed by atoms with E-state index in [0.717, 1.165) is 30.8 Å². The number of nitrogens with one attached hydrogen (secondary N) is 1. The summed E-state index contributed by atoms with van der Waals surface area (Å²) in [5, 5.41) is 14.1. The third-order valence-electron chi connectivity index (χ3n) is 2.64. The van der Waals surface area contributed by atoms with Gasteiger partial charge in [0.2, 0.25) is 0 Å². The molecule has 0 bridgehead atoms. The van der Waals surface area contributed by atoms with Gasteiger partial charge >= 0.3 is 5.97 Å². The van der Waals surface area contributed by atoms with Crippen molar-refractivity contribution in [2.45, 2.75) is 18.8 Å². The van der Waals surface area contributed by atoms with Crippen LogP contribution in [-0.2, 0) is 0 Å². The molecular weight excluding hydrogens is 234 g/mol. The molecule has 0 radical (unpaired) electrons. The van der Waals surface area contributed by atoms with Crippen LogP contribution in [0.4, 0.5) is 0 Å². The van der Waals surface area contributed by atoms with Gasteiger partial charge in [-0.15, -0.1) is 23.7 Å². The van der Waals surface area contributed by atoms with Crippen molar-refractivity contribution < 1.29 is 9.90 Å². The van der Waals surface area contributed by atoms with Crippen molar-refractivity contribution >= 4 is 29.7 Å². The summed E-state index contributed by atoms with van der Waals surface area (Å²) in [5.41, 5.74) is 0.502. The first-order chi connectivity index (χ1) is 6.79. The van der Waals surface area contributed by atoms with Gasteiger partial charge in [0, 0.05) is 4.88 Å². The van der Waals surface area contributed by atoms with Gasteiger partial charge in [0.05, 0.1) is 5.56 Å². The van der Waals surface area contributed by atoms with Crippen LogP contribution in [0.25, 0.3) is 0 Å². The minimum absolute atomic E-state index is 0. The smallest absolute Gasteiger partial charge is 0.336 e. The Kier molecular flexibility index (Phi) is 4.57. The second kappa shape index (κ2) is 5.49. The zero-order chi connectivity index (χ0) is 9.97. The van der Waals surface area contributed by atoms with Gasteiger partial charge in [0.1, 0.15) is 0 Å². The molecule has 2 rings (SSSR count). The highest BCUT2D eigenvalue weighted by molar-refractivity contribution is 7.10. The summed E-state index contributed by atoms with van der Waals surface area (Å²) >= 11 is 1.58. The van der Waals surface area contributed by atoms with Crippen LogP contribution < -0.4 is 5.32 Å². The van der Waals surface area contributed by atoms with Crippen molar-refractivity contribution in [3.05, 3.63) is 21.9 Å². The first-order valence-corrected chi connectivity index (χ1v) is 5.68. The predicted octanol–water partition coefficient (Wildman–Crippen LogP) is 2.34. The van der Waals surface area contributed by atoms with E-state index < -0.39 is 5.97 Å². The number of piperidine rings is 1.